The predicted molar refractivity (Wildman–Crippen MR) is 53.3 cm³/mol. The summed E-state index contributed by atoms with van der Waals surface area (Å²) < 4.78 is 14.1. The zero-order valence-corrected chi connectivity index (χ0v) is 9.28. The van der Waals surface area contributed by atoms with Crippen LogP contribution in [0.25, 0.3) is 0 Å². The van der Waals surface area contributed by atoms with E-state index in [1.807, 2.05) is 0 Å². The smallest absolute Gasteiger partial charge is 0.306 e. The van der Waals surface area contributed by atoms with Gasteiger partial charge in [-0.1, -0.05) is 0 Å². The molecule has 5 nitrogen and oxygen atoms in total. The molecule has 0 aromatic heterocycles. The van der Waals surface area contributed by atoms with Gasteiger partial charge in [-0.05, 0) is 12.8 Å². The number of unbranched alkanes of at least 4 members (excludes halogenated alkanes) is 1. The van der Waals surface area contributed by atoms with Crippen molar-refractivity contribution in [3.8, 4) is 0 Å². The topological polar surface area (TPSA) is 61.8 Å². The summed E-state index contributed by atoms with van der Waals surface area (Å²) in [6.45, 7) is 1.04. The number of hydrogen-bond acceptors (Lipinski definition) is 5. The first-order valence-corrected chi connectivity index (χ1v) is 4.92. The molecule has 88 valence electrons. The van der Waals surface area contributed by atoms with Gasteiger partial charge in [-0.2, -0.15) is 0 Å². The van der Waals surface area contributed by atoms with Gasteiger partial charge in [0.2, 0.25) is 0 Å². The highest BCUT2D eigenvalue weighted by Gasteiger charge is 2.07. The molecule has 0 aromatic carbocycles. The van der Waals surface area contributed by atoms with Gasteiger partial charge < -0.3 is 14.2 Å². The highest BCUT2D eigenvalue weighted by atomic mass is 16.5. The van der Waals surface area contributed by atoms with E-state index in [0.717, 1.165) is 12.8 Å². The third-order valence-corrected chi connectivity index (χ3v) is 1.77. The van der Waals surface area contributed by atoms with Crippen molar-refractivity contribution in [3.63, 3.8) is 0 Å². The second kappa shape index (κ2) is 9.45. The van der Waals surface area contributed by atoms with Crippen LogP contribution >= 0.6 is 0 Å². The minimum atomic E-state index is -0.397. The molecule has 0 N–H and O–H groups in total. The molecule has 0 bridgehead atoms. The van der Waals surface area contributed by atoms with Gasteiger partial charge in [0, 0.05) is 13.7 Å². The number of hydrogen-bond donors (Lipinski definition) is 0. The fourth-order valence-corrected chi connectivity index (χ4v) is 0.913. The van der Waals surface area contributed by atoms with E-state index in [-0.39, 0.29) is 18.8 Å². The molecular weight excluding hydrogens is 200 g/mol. The number of ether oxygens (including phenoxy) is 3. The Morgan fingerprint density at radius 1 is 0.933 bits per heavy atom. The Hall–Kier alpha value is -1.10. The molecule has 15 heavy (non-hydrogen) atoms. The van der Waals surface area contributed by atoms with Crippen LogP contribution in [0, 0.1) is 0 Å². The van der Waals surface area contributed by atoms with Gasteiger partial charge in [0.15, 0.2) is 0 Å². The fourth-order valence-electron chi connectivity index (χ4n) is 0.913. The van der Waals surface area contributed by atoms with Crippen LogP contribution < -0.4 is 0 Å². The van der Waals surface area contributed by atoms with E-state index in [2.05, 4.69) is 4.74 Å². The first kappa shape index (κ1) is 13.9. The zero-order chi connectivity index (χ0) is 11.5. The van der Waals surface area contributed by atoms with Crippen molar-refractivity contribution in [1.29, 1.82) is 0 Å². The number of carbonyl (C=O) groups is 2. The molecule has 0 rings (SSSR count). The quantitative estimate of drug-likeness (QED) is 0.447. The molecule has 5 heteroatoms. The number of methoxy groups -OCH3 is 2. The Bertz CT molecular complexity index is 190. The van der Waals surface area contributed by atoms with Crippen LogP contribution in [0.2, 0.25) is 0 Å². The monoisotopic (exact) mass is 218 g/mol. The molecule has 0 radical (unpaired) electrons. The van der Waals surface area contributed by atoms with Gasteiger partial charge >= 0.3 is 11.9 Å². The van der Waals surface area contributed by atoms with Crippen molar-refractivity contribution in [2.45, 2.75) is 25.7 Å². The normalized spacial score (nSPS) is 9.73. The molecule has 0 saturated heterocycles. The number of carbonyl (C=O) groups excluding carboxylic acids is 2. The highest BCUT2D eigenvalue weighted by Crippen LogP contribution is 1.97. The lowest BCUT2D eigenvalue weighted by Gasteiger charge is -2.03. The third kappa shape index (κ3) is 9.21. The summed E-state index contributed by atoms with van der Waals surface area (Å²) in [6, 6.07) is 0. The molecule has 0 fully saturated rings. The van der Waals surface area contributed by atoms with Gasteiger partial charge in [0.25, 0.3) is 0 Å². The summed E-state index contributed by atoms with van der Waals surface area (Å²) in [4.78, 5) is 21.7. The standard InChI is InChI=1S/C10H18O5/c1-13-7-3-4-8-15-10(12)6-5-9(11)14-2/h3-8H2,1-2H3. The summed E-state index contributed by atoms with van der Waals surface area (Å²) >= 11 is 0. The summed E-state index contributed by atoms with van der Waals surface area (Å²) in [7, 11) is 2.92. The maximum atomic E-state index is 11.0. The van der Waals surface area contributed by atoms with Crippen LogP contribution in [-0.4, -0.2) is 39.4 Å². The van der Waals surface area contributed by atoms with E-state index in [1.165, 1.54) is 7.11 Å². The van der Waals surface area contributed by atoms with Crippen LogP contribution in [-0.2, 0) is 23.8 Å². The summed E-state index contributed by atoms with van der Waals surface area (Å²) in [5, 5.41) is 0. The van der Waals surface area contributed by atoms with Crippen molar-refractivity contribution >= 4 is 11.9 Å². The lowest BCUT2D eigenvalue weighted by molar-refractivity contribution is -0.149. The molecule has 0 atom stereocenters. The molecule has 0 saturated carbocycles. The van der Waals surface area contributed by atoms with Gasteiger partial charge in [-0.3, -0.25) is 9.59 Å². The maximum Gasteiger partial charge on any atom is 0.306 e. The van der Waals surface area contributed by atoms with Gasteiger partial charge in [-0.25, -0.2) is 0 Å². The van der Waals surface area contributed by atoms with E-state index in [4.69, 9.17) is 9.47 Å². The Balaban J connectivity index is 3.30. The van der Waals surface area contributed by atoms with Crippen molar-refractivity contribution < 1.29 is 23.8 Å². The molecule has 0 aliphatic heterocycles. The fraction of sp³-hybridized carbons (Fsp3) is 0.800. The maximum absolute atomic E-state index is 11.0. The second-order valence-corrected chi connectivity index (χ2v) is 3.00. The van der Waals surface area contributed by atoms with Gasteiger partial charge in [0.1, 0.15) is 0 Å². The lowest BCUT2D eigenvalue weighted by Crippen LogP contribution is -2.09. The Morgan fingerprint density at radius 2 is 1.53 bits per heavy atom. The van der Waals surface area contributed by atoms with Crippen molar-refractivity contribution in [2.24, 2.45) is 0 Å². The number of esters is 2. The van der Waals surface area contributed by atoms with Crippen LogP contribution in [0.5, 0.6) is 0 Å². The van der Waals surface area contributed by atoms with Crippen LogP contribution in [0.3, 0.4) is 0 Å². The molecule has 0 amide bonds. The zero-order valence-electron chi connectivity index (χ0n) is 9.28. The van der Waals surface area contributed by atoms with Gasteiger partial charge in [0.05, 0.1) is 26.6 Å². The van der Waals surface area contributed by atoms with Gasteiger partial charge in [-0.15, -0.1) is 0 Å². The summed E-state index contributed by atoms with van der Waals surface area (Å²) in [5.74, 6) is -0.760. The van der Waals surface area contributed by atoms with E-state index in [9.17, 15) is 9.59 Å². The predicted octanol–water partition coefficient (Wildman–Crippen LogP) is 0.909. The minimum Gasteiger partial charge on any atom is -0.469 e. The third-order valence-electron chi connectivity index (χ3n) is 1.77. The Morgan fingerprint density at radius 3 is 2.13 bits per heavy atom. The van der Waals surface area contributed by atoms with E-state index >= 15 is 0 Å². The first-order valence-electron chi connectivity index (χ1n) is 4.92. The van der Waals surface area contributed by atoms with Crippen LogP contribution in [0.4, 0.5) is 0 Å². The largest absolute Gasteiger partial charge is 0.469 e. The first-order chi connectivity index (χ1) is 7.20. The Labute approximate surface area is 89.7 Å². The van der Waals surface area contributed by atoms with Crippen molar-refractivity contribution in [1.82, 2.24) is 0 Å². The second-order valence-electron chi connectivity index (χ2n) is 3.00. The lowest BCUT2D eigenvalue weighted by atomic mass is 10.3. The highest BCUT2D eigenvalue weighted by molar-refractivity contribution is 5.77. The van der Waals surface area contributed by atoms with E-state index in [1.54, 1.807) is 7.11 Å². The molecule has 0 heterocycles. The molecule has 0 aliphatic carbocycles. The number of rotatable bonds is 8. The molecule has 0 aromatic rings. The summed E-state index contributed by atoms with van der Waals surface area (Å²) in [6.07, 6.45) is 1.79. The van der Waals surface area contributed by atoms with Crippen molar-refractivity contribution in [2.75, 3.05) is 27.4 Å². The molecular formula is C10H18O5. The molecule has 0 aliphatic rings. The van der Waals surface area contributed by atoms with Crippen molar-refractivity contribution in [3.05, 3.63) is 0 Å². The van der Waals surface area contributed by atoms with E-state index < -0.39 is 5.97 Å². The molecule has 0 spiro atoms. The Kier molecular flexibility index (Phi) is 8.76. The molecule has 0 unspecified atom stereocenters. The summed E-state index contributed by atoms with van der Waals surface area (Å²) in [5.41, 5.74) is 0. The van der Waals surface area contributed by atoms with Crippen LogP contribution in [0.15, 0.2) is 0 Å². The minimum absolute atomic E-state index is 0.0768. The van der Waals surface area contributed by atoms with E-state index in [0.29, 0.717) is 13.2 Å². The average Bonchev–Trinajstić information content (AvgIpc) is 2.25. The SMILES string of the molecule is COCCCCOC(=O)CCC(=O)OC. The van der Waals surface area contributed by atoms with Crippen LogP contribution in [0.1, 0.15) is 25.7 Å². The average molecular weight is 218 g/mol.